The van der Waals surface area contributed by atoms with Gasteiger partial charge in [-0.15, -0.1) is 0 Å². The van der Waals surface area contributed by atoms with Crippen LogP contribution in [0.4, 0.5) is 11.5 Å². The van der Waals surface area contributed by atoms with Crippen LogP contribution in [0.1, 0.15) is 23.3 Å². The number of ether oxygens (including phenoxy) is 1. The average molecular weight is 294 g/mol. The van der Waals surface area contributed by atoms with E-state index < -0.39 is 10.9 Å². The van der Waals surface area contributed by atoms with Crippen molar-refractivity contribution in [3.63, 3.8) is 0 Å². The molecule has 0 aromatic carbocycles. The lowest BCUT2D eigenvalue weighted by atomic mass is 10.1. The van der Waals surface area contributed by atoms with E-state index in [1.165, 1.54) is 19.2 Å². The van der Waals surface area contributed by atoms with E-state index in [-0.39, 0.29) is 29.1 Å². The molecule has 1 saturated heterocycles. The van der Waals surface area contributed by atoms with Crippen LogP contribution >= 0.6 is 0 Å². The first-order chi connectivity index (χ1) is 10.0. The molecule has 0 radical (unpaired) electrons. The van der Waals surface area contributed by atoms with Crippen LogP contribution in [0.15, 0.2) is 12.1 Å². The van der Waals surface area contributed by atoms with E-state index in [9.17, 15) is 19.7 Å². The molecular weight excluding hydrogens is 280 g/mol. The molecule has 1 aromatic heterocycles. The van der Waals surface area contributed by atoms with Crippen LogP contribution in [-0.2, 0) is 9.53 Å². The summed E-state index contributed by atoms with van der Waals surface area (Å²) in [7, 11) is 1.20. The summed E-state index contributed by atoms with van der Waals surface area (Å²) in [6, 6.07) is 2.25. The Morgan fingerprint density at radius 3 is 2.90 bits per heavy atom. The summed E-state index contributed by atoms with van der Waals surface area (Å²) in [5, 5.41) is 16.6. The molecule has 0 bridgehead atoms. The lowest BCUT2D eigenvalue weighted by Crippen LogP contribution is -2.42. The molecule has 1 fully saturated rings. The first kappa shape index (κ1) is 14.7. The summed E-state index contributed by atoms with van der Waals surface area (Å²) < 4.78 is 4.54. The van der Waals surface area contributed by atoms with Crippen LogP contribution in [-0.4, -0.2) is 41.5 Å². The number of pyridine rings is 1. The van der Waals surface area contributed by atoms with Gasteiger partial charge < -0.3 is 15.4 Å². The van der Waals surface area contributed by atoms with Crippen LogP contribution in [0.3, 0.4) is 0 Å². The Kier molecular flexibility index (Phi) is 4.31. The number of hydrogen-bond donors (Lipinski definition) is 2. The summed E-state index contributed by atoms with van der Waals surface area (Å²) in [4.78, 5) is 36.9. The maximum atomic E-state index is 11.4. The van der Waals surface area contributed by atoms with Gasteiger partial charge in [0.1, 0.15) is 0 Å². The van der Waals surface area contributed by atoms with Gasteiger partial charge in [-0.1, -0.05) is 0 Å². The Morgan fingerprint density at radius 2 is 2.33 bits per heavy atom. The molecule has 112 valence electrons. The molecule has 1 aromatic rings. The molecule has 2 N–H and O–H groups in total. The highest BCUT2D eigenvalue weighted by Gasteiger charge is 2.24. The highest BCUT2D eigenvalue weighted by molar-refractivity contribution is 5.88. The maximum Gasteiger partial charge on any atom is 0.356 e. The number of esters is 1. The SMILES string of the molecule is COC(=O)c1ccc([N+](=O)[O-])c(NC2CCC(=O)NC2)n1. The molecule has 1 aliphatic rings. The van der Waals surface area contributed by atoms with Gasteiger partial charge in [-0.3, -0.25) is 14.9 Å². The summed E-state index contributed by atoms with van der Waals surface area (Å²) >= 11 is 0. The molecule has 21 heavy (non-hydrogen) atoms. The van der Waals surface area contributed by atoms with Crippen LogP contribution < -0.4 is 10.6 Å². The van der Waals surface area contributed by atoms with Gasteiger partial charge in [0.2, 0.25) is 11.7 Å². The van der Waals surface area contributed by atoms with Gasteiger partial charge in [0.15, 0.2) is 5.69 Å². The standard InChI is InChI=1S/C12H14N4O5/c1-21-12(18)8-3-4-9(16(19)20)11(15-8)14-7-2-5-10(17)13-6-7/h3-4,7H,2,5-6H2,1H3,(H,13,17)(H,14,15). The Morgan fingerprint density at radius 1 is 1.57 bits per heavy atom. The third-order valence-corrected chi connectivity index (χ3v) is 3.07. The van der Waals surface area contributed by atoms with Crippen LogP contribution in [0.25, 0.3) is 0 Å². The number of rotatable bonds is 4. The first-order valence-electron chi connectivity index (χ1n) is 6.28. The predicted octanol–water partition coefficient (Wildman–Crippen LogP) is 0.467. The molecule has 2 rings (SSSR count). The van der Waals surface area contributed by atoms with E-state index >= 15 is 0 Å². The van der Waals surface area contributed by atoms with Crippen LogP contribution in [0.5, 0.6) is 0 Å². The van der Waals surface area contributed by atoms with E-state index in [1.807, 2.05) is 0 Å². The van der Waals surface area contributed by atoms with E-state index in [0.29, 0.717) is 19.4 Å². The second-order valence-corrected chi connectivity index (χ2v) is 4.50. The minimum absolute atomic E-state index is 0.0101. The zero-order chi connectivity index (χ0) is 15.4. The first-order valence-corrected chi connectivity index (χ1v) is 6.28. The third-order valence-electron chi connectivity index (χ3n) is 3.07. The van der Waals surface area contributed by atoms with Crippen molar-refractivity contribution in [1.29, 1.82) is 0 Å². The van der Waals surface area contributed by atoms with Crippen LogP contribution in [0.2, 0.25) is 0 Å². The molecule has 2 heterocycles. The zero-order valence-corrected chi connectivity index (χ0v) is 11.3. The number of hydrogen-bond acceptors (Lipinski definition) is 7. The largest absolute Gasteiger partial charge is 0.464 e. The highest BCUT2D eigenvalue weighted by atomic mass is 16.6. The van der Waals surface area contributed by atoms with Gasteiger partial charge in [0.05, 0.1) is 12.0 Å². The molecule has 1 aliphatic heterocycles. The number of carbonyl (C=O) groups is 2. The number of amides is 1. The van der Waals surface area contributed by atoms with E-state index in [0.717, 1.165) is 0 Å². The van der Waals surface area contributed by atoms with Crippen LogP contribution in [0, 0.1) is 10.1 Å². The molecule has 0 saturated carbocycles. The van der Waals surface area contributed by atoms with E-state index in [4.69, 9.17) is 0 Å². The maximum absolute atomic E-state index is 11.4. The van der Waals surface area contributed by atoms with Crippen molar-refractivity contribution in [3.05, 3.63) is 27.9 Å². The number of nitrogens with zero attached hydrogens (tertiary/aromatic N) is 2. The monoisotopic (exact) mass is 294 g/mol. The van der Waals surface area contributed by atoms with Gasteiger partial charge in [-0.05, 0) is 12.5 Å². The Balaban J connectivity index is 2.24. The lowest BCUT2D eigenvalue weighted by Gasteiger charge is -2.23. The minimum Gasteiger partial charge on any atom is -0.464 e. The fraction of sp³-hybridized carbons (Fsp3) is 0.417. The van der Waals surface area contributed by atoms with Crippen molar-refractivity contribution in [2.45, 2.75) is 18.9 Å². The number of nitro groups is 1. The van der Waals surface area contributed by atoms with Gasteiger partial charge in [0.25, 0.3) is 0 Å². The normalized spacial score (nSPS) is 17.8. The molecular formula is C12H14N4O5. The van der Waals surface area contributed by atoms with Gasteiger partial charge in [0, 0.05) is 25.1 Å². The second kappa shape index (κ2) is 6.16. The number of nitrogens with one attached hydrogen (secondary N) is 2. The number of methoxy groups -OCH3 is 1. The highest BCUT2D eigenvalue weighted by Crippen LogP contribution is 2.24. The van der Waals surface area contributed by atoms with Gasteiger partial charge in [-0.2, -0.15) is 0 Å². The smallest absolute Gasteiger partial charge is 0.356 e. The van der Waals surface area contributed by atoms with Crippen molar-refractivity contribution in [2.75, 3.05) is 19.0 Å². The third kappa shape index (κ3) is 3.44. The lowest BCUT2D eigenvalue weighted by molar-refractivity contribution is -0.384. The Labute approximate surface area is 119 Å². The topological polar surface area (TPSA) is 123 Å². The zero-order valence-electron chi connectivity index (χ0n) is 11.3. The van der Waals surface area contributed by atoms with Gasteiger partial charge >= 0.3 is 11.7 Å². The molecule has 9 heteroatoms. The summed E-state index contributed by atoms with van der Waals surface area (Å²) in [5.41, 5.74) is -0.259. The Bertz CT molecular complexity index is 579. The fourth-order valence-corrected chi connectivity index (χ4v) is 1.97. The summed E-state index contributed by atoms with van der Waals surface area (Å²) in [5.74, 6) is -0.743. The minimum atomic E-state index is -0.676. The quantitative estimate of drug-likeness (QED) is 0.470. The predicted molar refractivity (Wildman–Crippen MR) is 71.9 cm³/mol. The summed E-state index contributed by atoms with van der Waals surface area (Å²) in [6.45, 7) is 0.347. The number of aromatic nitrogens is 1. The van der Waals surface area contributed by atoms with E-state index in [1.54, 1.807) is 0 Å². The number of carbonyl (C=O) groups excluding carboxylic acids is 2. The van der Waals surface area contributed by atoms with Gasteiger partial charge in [-0.25, -0.2) is 9.78 Å². The molecule has 1 atom stereocenters. The van der Waals surface area contributed by atoms with Crippen molar-refractivity contribution in [2.24, 2.45) is 0 Å². The van der Waals surface area contributed by atoms with Crippen molar-refractivity contribution >= 4 is 23.4 Å². The summed E-state index contributed by atoms with van der Waals surface area (Å²) in [6.07, 6.45) is 0.870. The van der Waals surface area contributed by atoms with Crippen molar-refractivity contribution in [1.82, 2.24) is 10.3 Å². The molecule has 1 unspecified atom stereocenters. The molecule has 1 amide bonds. The average Bonchev–Trinajstić information content (AvgIpc) is 2.48. The Hall–Kier alpha value is -2.71. The molecule has 0 spiro atoms. The van der Waals surface area contributed by atoms with Crippen molar-refractivity contribution in [3.8, 4) is 0 Å². The number of anilines is 1. The van der Waals surface area contributed by atoms with E-state index in [2.05, 4.69) is 20.4 Å². The molecule has 0 aliphatic carbocycles. The number of piperidine rings is 1. The fourth-order valence-electron chi connectivity index (χ4n) is 1.97. The second-order valence-electron chi connectivity index (χ2n) is 4.50. The molecule has 9 nitrogen and oxygen atoms in total. The van der Waals surface area contributed by atoms with Crippen molar-refractivity contribution < 1.29 is 19.2 Å².